The molecule has 0 bridgehead atoms. The van der Waals surface area contributed by atoms with E-state index >= 15 is 0 Å². The fourth-order valence-electron chi connectivity index (χ4n) is 5.50. The molecular formula is C34H34F3N5O6. The largest absolute Gasteiger partial charge is 0.573 e. The van der Waals surface area contributed by atoms with E-state index in [-0.39, 0.29) is 23.7 Å². The second-order valence-corrected chi connectivity index (χ2v) is 11.4. The van der Waals surface area contributed by atoms with Crippen molar-refractivity contribution in [2.24, 2.45) is 0 Å². The van der Waals surface area contributed by atoms with Crippen LogP contribution in [0.5, 0.6) is 23.3 Å². The van der Waals surface area contributed by atoms with Crippen molar-refractivity contribution in [1.82, 2.24) is 14.5 Å². The lowest BCUT2D eigenvalue weighted by Crippen LogP contribution is -2.45. The fraction of sp³-hybridized carbons (Fsp3) is 0.324. The average molecular weight is 666 g/mol. The summed E-state index contributed by atoms with van der Waals surface area (Å²) in [5.74, 6) is 0.994. The second-order valence-electron chi connectivity index (χ2n) is 11.4. The summed E-state index contributed by atoms with van der Waals surface area (Å²) in [6.45, 7) is 5.74. The predicted octanol–water partition coefficient (Wildman–Crippen LogP) is 6.33. The first-order valence-electron chi connectivity index (χ1n) is 15.5. The third-order valence-corrected chi connectivity index (χ3v) is 7.99. The highest BCUT2D eigenvalue weighted by Crippen LogP contribution is 2.26. The van der Waals surface area contributed by atoms with E-state index in [1.165, 1.54) is 23.9 Å². The quantitative estimate of drug-likeness (QED) is 0.127. The lowest BCUT2D eigenvalue weighted by Gasteiger charge is -2.36. The summed E-state index contributed by atoms with van der Waals surface area (Å²) in [5, 5.41) is 11.0. The van der Waals surface area contributed by atoms with Crippen molar-refractivity contribution < 1.29 is 37.0 Å². The zero-order chi connectivity index (χ0) is 33.5. The highest BCUT2D eigenvalue weighted by molar-refractivity contribution is 5.51. The van der Waals surface area contributed by atoms with E-state index in [2.05, 4.69) is 43.8 Å². The summed E-state index contributed by atoms with van der Waals surface area (Å²) < 4.78 is 59.9. The van der Waals surface area contributed by atoms with Gasteiger partial charge in [0.25, 0.3) is 0 Å². The third-order valence-electron chi connectivity index (χ3n) is 7.99. The van der Waals surface area contributed by atoms with E-state index in [4.69, 9.17) is 14.2 Å². The van der Waals surface area contributed by atoms with Crippen LogP contribution in [-0.2, 0) is 13.1 Å². The van der Waals surface area contributed by atoms with Gasteiger partial charge in [-0.2, -0.15) is 0 Å². The number of fused-ring (bicyclic) bond motifs is 1. The van der Waals surface area contributed by atoms with Gasteiger partial charge in [0.05, 0.1) is 0 Å². The van der Waals surface area contributed by atoms with Crippen LogP contribution in [0.2, 0.25) is 0 Å². The predicted molar refractivity (Wildman–Crippen MR) is 171 cm³/mol. The SMILES string of the molecule is O=[N+]([O-])c1cn2c(n1)OC(COc1ccc(N3CCN(Cc4ccc(OCC=Cc5ccc(OC(F)(F)F)cc5)cc4)CC3)cc1)CC2. The number of piperazine rings is 1. The Kier molecular flexibility index (Phi) is 9.99. The number of hydrogen-bond donors (Lipinski definition) is 0. The minimum Gasteiger partial charge on any atom is -0.490 e. The van der Waals surface area contributed by atoms with E-state index in [0.29, 0.717) is 26.2 Å². The molecule has 0 amide bonds. The Morgan fingerprint density at radius 3 is 2.25 bits per heavy atom. The van der Waals surface area contributed by atoms with Crippen molar-refractivity contribution in [3.63, 3.8) is 0 Å². The summed E-state index contributed by atoms with van der Waals surface area (Å²) >= 11 is 0. The third kappa shape index (κ3) is 8.97. The van der Waals surface area contributed by atoms with Gasteiger partial charge in [0, 0.05) is 56.4 Å². The van der Waals surface area contributed by atoms with Crippen molar-refractivity contribution in [2.75, 3.05) is 44.3 Å². The van der Waals surface area contributed by atoms with Crippen LogP contribution < -0.4 is 23.8 Å². The van der Waals surface area contributed by atoms with Crippen LogP contribution in [0.4, 0.5) is 24.7 Å². The lowest BCUT2D eigenvalue weighted by atomic mass is 10.1. The van der Waals surface area contributed by atoms with E-state index in [0.717, 1.165) is 55.5 Å². The van der Waals surface area contributed by atoms with E-state index < -0.39 is 11.3 Å². The minimum atomic E-state index is -4.71. The van der Waals surface area contributed by atoms with Gasteiger partial charge in [0.15, 0.2) is 0 Å². The van der Waals surface area contributed by atoms with Crippen molar-refractivity contribution in [1.29, 1.82) is 0 Å². The topological polar surface area (TPSA) is 104 Å². The van der Waals surface area contributed by atoms with Crippen molar-refractivity contribution >= 4 is 17.6 Å². The normalized spacial score (nSPS) is 16.7. The number of halogens is 3. The lowest BCUT2D eigenvalue weighted by molar-refractivity contribution is -0.389. The summed E-state index contributed by atoms with van der Waals surface area (Å²) in [5.41, 5.74) is 3.07. The van der Waals surface area contributed by atoms with Crippen LogP contribution in [0.1, 0.15) is 17.5 Å². The molecule has 0 aliphatic carbocycles. The maximum Gasteiger partial charge on any atom is 0.573 e. The zero-order valence-electron chi connectivity index (χ0n) is 25.9. The number of nitro groups is 1. The van der Waals surface area contributed by atoms with Gasteiger partial charge in [0.1, 0.15) is 42.8 Å². The molecular weight excluding hydrogens is 631 g/mol. The molecule has 48 heavy (non-hydrogen) atoms. The summed E-state index contributed by atoms with van der Waals surface area (Å²) in [6, 6.07) is 21.9. The first kappa shape index (κ1) is 32.7. The maximum absolute atomic E-state index is 12.3. The van der Waals surface area contributed by atoms with Crippen LogP contribution >= 0.6 is 0 Å². The number of alkyl halides is 3. The van der Waals surface area contributed by atoms with Crippen LogP contribution in [0.3, 0.4) is 0 Å². The van der Waals surface area contributed by atoms with E-state index in [1.807, 2.05) is 24.3 Å². The molecule has 0 saturated carbocycles. The Hall–Kier alpha value is -5.24. The van der Waals surface area contributed by atoms with Gasteiger partial charge < -0.3 is 34.0 Å². The molecule has 1 saturated heterocycles. The number of anilines is 1. The fourth-order valence-corrected chi connectivity index (χ4v) is 5.50. The Labute approximate surface area is 274 Å². The monoisotopic (exact) mass is 665 g/mol. The Morgan fingerprint density at radius 1 is 0.896 bits per heavy atom. The molecule has 0 spiro atoms. The summed E-state index contributed by atoms with van der Waals surface area (Å²) in [4.78, 5) is 19.1. The molecule has 1 fully saturated rings. The maximum atomic E-state index is 12.3. The number of aryl methyl sites for hydroxylation is 1. The number of hydrogen-bond acceptors (Lipinski definition) is 9. The average Bonchev–Trinajstić information content (AvgIpc) is 3.51. The molecule has 3 aromatic carbocycles. The molecule has 0 radical (unpaired) electrons. The number of benzene rings is 3. The van der Waals surface area contributed by atoms with Crippen molar-refractivity contribution in [2.45, 2.75) is 32.0 Å². The van der Waals surface area contributed by atoms with Crippen LogP contribution in [-0.4, -0.2) is 71.2 Å². The molecule has 14 heteroatoms. The molecule has 6 rings (SSSR count). The van der Waals surface area contributed by atoms with Crippen molar-refractivity contribution in [3.05, 3.63) is 106 Å². The first-order chi connectivity index (χ1) is 23.2. The van der Waals surface area contributed by atoms with Crippen LogP contribution in [0, 0.1) is 10.1 Å². The molecule has 1 unspecified atom stereocenters. The molecule has 2 aliphatic rings. The van der Waals surface area contributed by atoms with Crippen LogP contribution in [0.25, 0.3) is 6.08 Å². The Morgan fingerprint density at radius 2 is 1.56 bits per heavy atom. The second kappa shape index (κ2) is 14.7. The molecule has 0 N–H and O–H groups in total. The molecule has 252 valence electrons. The minimum absolute atomic E-state index is 0.219. The molecule has 1 atom stereocenters. The van der Waals surface area contributed by atoms with E-state index in [9.17, 15) is 23.3 Å². The molecule has 3 heterocycles. The van der Waals surface area contributed by atoms with Crippen molar-refractivity contribution in [3.8, 4) is 23.3 Å². The van der Waals surface area contributed by atoms with Gasteiger partial charge in [-0.3, -0.25) is 9.47 Å². The first-order valence-corrected chi connectivity index (χ1v) is 15.5. The number of ether oxygens (including phenoxy) is 4. The van der Waals surface area contributed by atoms with Gasteiger partial charge in [0.2, 0.25) is 0 Å². The Balaban J connectivity index is 0.887. The highest BCUT2D eigenvalue weighted by atomic mass is 19.4. The standard InChI is InChI=1S/C34H34F3N5O6/c35-34(36,37)48-30-11-3-25(4-12-30)2-1-21-45-28-9-5-26(6-10-28)22-39-17-19-40(20-18-39)27-7-13-29(14-8-27)46-24-31-15-16-41-23-32(42(43)44)38-33(41)47-31/h1-14,23,31H,15-22,24H2. The number of aromatic nitrogens is 2. The summed E-state index contributed by atoms with van der Waals surface area (Å²) in [6.07, 6.45) is 0.702. The van der Waals surface area contributed by atoms with Gasteiger partial charge >= 0.3 is 18.2 Å². The van der Waals surface area contributed by atoms with Gasteiger partial charge in [-0.15, -0.1) is 13.2 Å². The smallest absolute Gasteiger partial charge is 0.490 e. The molecule has 4 aromatic rings. The molecule has 1 aromatic heterocycles. The molecule has 11 nitrogen and oxygen atoms in total. The van der Waals surface area contributed by atoms with Gasteiger partial charge in [-0.05, 0) is 70.7 Å². The Bertz CT molecular complexity index is 1690. The van der Waals surface area contributed by atoms with Gasteiger partial charge in [-0.25, -0.2) is 0 Å². The number of nitrogens with zero attached hydrogens (tertiary/aromatic N) is 5. The summed E-state index contributed by atoms with van der Waals surface area (Å²) in [7, 11) is 0. The van der Waals surface area contributed by atoms with E-state index in [1.54, 1.807) is 28.9 Å². The number of rotatable bonds is 12. The van der Waals surface area contributed by atoms with Crippen LogP contribution in [0.15, 0.2) is 85.1 Å². The zero-order valence-corrected chi connectivity index (χ0v) is 25.9. The highest BCUT2D eigenvalue weighted by Gasteiger charge is 2.31. The number of imidazole rings is 1. The van der Waals surface area contributed by atoms with Gasteiger partial charge in [-0.1, -0.05) is 30.3 Å². The molecule has 2 aliphatic heterocycles.